The maximum absolute atomic E-state index is 10.9. The van der Waals surface area contributed by atoms with E-state index in [4.69, 9.17) is 10.2 Å². The number of carboxylic acids is 2. The molecule has 0 bridgehead atoms. The van der Waals surface area contributed by atoms with Gasteiger partial charge in [-0.15, -0.1) is 0 Å². The highest BCUT2D eigenvalue weighted by atomic mass is 16.6. The van der Waals surface area contributed by atoms with Crippen LogP contribution in [-0.4, -0.2) is 43.4 Å². The fourth-order valence-electron chi connectivity index (χ4n) is 1.58. The van der Waals surface area contributed by atoms with E-state index in [2.05, 4.69) is 0 Å². The van der Waals surface area contributed by atoms with E-state index >= 15 is 0 Å². The molecule has 0 heterocycles. The minimum absolute atomic E-state index is 0.123. The highest BCUT2D eigenvalue weighted by Crippen LogP contribution is 2.26. The predicted octanol–water partition coefficient (Wildman–Crippen LogP) is 0.162. The number of aliphatic hydroxyl groups excluding tert-OH is 2. The third kappa shape index (κ3) is 3.49. The first kappa shape index (κ1) is 15.5. The molecule has 0 saturated heterocycles. The largest absolute Gasteiger partial charge is 0.481 e. The van der Waals surface area contributed by atoms with Crippen LogP contribution in [-0.2, 0) is 4.79 Å². The smallest absolute Gasteiger partial charge is 0.342 e. The number of carboxylic acid groups (broad SMARTS) is 2. The molecule has 0 radical (unpaired) electrons. The van der Waals surface area contributed by atoms with Gasteiger partial charge < -0.3 is 20.4 Å². The average molecular weight is 285 g/mol. The van der Waals surface area contributed by atoms with Gasteiger partial charge >= 0.3 is 11.9 Å². The number of aromatic carboxylic acids is 1. The van der Waals surface area contributed by atoms with Crippen LogP contribution in [0.1, 0.15) is 28.4 Å². The molecule has 0 amide bonds. The summed E-state index contributed by atoms with van der Waals surface area (Å²) in [5.41, 5.74) is -1.45. The van der Waals surface area contributed by atoms with Crippen molar-refractivity contribution in [3.8, 4) is 0 Å². The fraction of sp³-hybridized carbons (Fsp3) is 0.273. The van der Waals surface area contributed by atoms with Crippen molar-refractivity contribution in [3.63, 3.8) is 0 Å². The quantitative estimate of drug-likeness (QED) is 0.425. The molecule has 0 aliphatic carbocycles. The van der Waals surface area contributed by atoms with E-state index in [0.29, 0.717) is 0 Å². The molecule has 4 N–H and O–H groups in total. The lowest BCUT2D eigenvalue weighted by atomic mass is 9.99. The van der Waals surface area contributed by atoms with Gasteiger partial charge in [0, 0.05) is 6.07 Å². The number of benzene rings is 1. The minimum Gasteiger partial charge on any atom is -0.481 e. The van der Waals surface area contributed by atoms with Gasteiger partial charge in [0.15, 0.2) is 0 Å². The number of nitro groups is 1. The summed E-state index contributed by atoms with van der Waals surface area (Å²) in [6.45, 7) is 0. The van der Waals surface area contributed by atoms with Gasteiger partial charge in [-0.05, 0) is 17.7 Å². The Morgan fingerprint density at radius 2 is 1.85 bits per heavy atom. The summed E-state index contributed by atoms with van der Waals surface area (Å²) in [4.78, 5) is 31.1. The number of rotatable bonds is 6. The molecule has 1 aromatic carbocycles. The van der Waals surface area contributed by atoms with Gasteiger partial charge in [0.25, 0.3) is 5.69 Å². The van der Waals surface area contributed by atoms with Gasteiger partial charge in [-0.3, -0.25) is 14.9 Å². The molecule has 2 unspecified atom stereocenters. The predicted molar refractivity (Wildman–Crippen MR) is 63.3 cm³/mol. The van der Waals surface area contributed by atoms with Crippen LogP contribution < -0.4 is 0 Å². The summed E-state index contributed by atoms with van der Waals surface area (Å²) >= 11 is 0. The van der Waals surface area contributed by atoms with Crippen molar-refractivity contribution in [1.82, 2.24) is 0 Å². The normalized spacial score (nSPS) is 13.5. The van der Waals surface area contributed by atoms with Crippen molar-refractivity contribution in [1.29, 1.82) is 0 Å². The van der Waals surface area contributed by atoms with E-state index < -0.39 is 46.7 Å². The van der Waals surface area contributed by atoms with Crippen LogP contribution in [0.2, 0.25) is 0 Å². The molecular formula is C11H11NO8. The van der Waals surface area contributed by atoms with Crippen LogP contribution in [0.25, 0.3) is 0 Å². The molecule has 0 fully saturated rings. The van der Waals surface area contributed by atoms with Crippen molar-refractivity contribution in [2.45, 2.75) is 18.6 Å². The van der Waals surface area contributed by atoms with Gasteiger partial charge in [0.2, 0.25) is 0 Å². The average Bonchev–Trinajstić information content (AvgIpc) is 2.36. The Morgan fingerprint density at radius 1 is 1.25 bits per heavy atom. The molecule has 1 rings (SSSR count). The zero-order valence-electron chi connectivity index (χ0n) is 9.96. The molecule has 108 valence electrons. The SMILES string of the molecule is O=C(O)CC(O)C(O)c1ccc([N+](=O)[O-])c(C(=O)O)c1. The molecule has 0 spiro atoms. The zero-order valence-corrected chi connectivity index (χ0v) is 9.96. The van der Waals surface area contributed by atoms with E-state index in [1.807, 2.05) is 0 Å². The molecule has 0 saturated carbocycles. The molecule has 0 aliphatic rings. The second-order valence-corrected chi connectivity index (χ2v) is 3.95. The van der Waals surface area contributed by atoms with Crippen molar-refractivity contribution in [3.05, 3.63) is 39.4 Å². The summed E-state index contributed by atoms with van der Waals surface area (Å²) in [6, 6.07) is 2.76. The highest BCUT2D eigenvalue weighted by Gasteiger charge is 2.26. The number of nitro benzene ring substituents is 1. The second kappa shape index (κ2) is 6.08. The number of carbonyl (C=O) groups is 2. The van der Waals surface area contributed by atoms with Crippen molar-refractivity contribution in [2.75, 3.05) is 0 Å². The van der Waals surface area contributed by atoms with E-state index in [1.165, 1.54) is 0 Å². The molecule has 1 aromatic rings. The van der Waals surface area contributed by atoms with Crippen LogP contribution in [0.4, 0.5) is 5.69 Å². The molecular weight excluding hydrogens is 274 g/mol. The number of aliphatic carboxylic acids is 1. The molecule has 9 nitrogen and oxygen atoms in total. The molecule has 20 heavy (non-hydrogen) atoms. The molecule has 2 atom stereocenters. The van der Waals surface area contributed by atoms with Gasteiger partial charge in [-0.25, -0.2) is 4.79 Å². The Hall–Kier alpha value is -2.52. The Bertz CT molecular complexity index is 555. The summed E-state index contributed by atoms with van der Waals surface area (Å²) in [5.74, 6) is -2.92. The first-order valence-corrected chi connectivity index (χ1v) is 5.33. The van der Waals surface area contributed by atoms with E-state index in [9.17, 15) is 29.9 Å². The zero-order chi connectivity index (χ0) is 15.4. The lowest BCUT2D eigenvalue weighted by Gasteiger charge is -2.16. The Balaban J connectivity index is 3.14. The summed E-state index contributed by atoms with van der Waals surface area (Å²) in [7, 11) is 0. The van der Waals surface area contributed by atoms with Crippen molar-refractivity contribution >= 4 is 17.6 Å². The Labute approximate surface area is 111 Å². The highest BCUT2D eigenvalue weighted by molar-refractivity contribution is 5.92. The van der Waals surface area contributed by atoms with Gasteiger partial charge in [-0.1, -0.05) is 0 Å². The summed E-state index contributed by atoms with van der Waals surface area (Å²) in [6.07, 6.45) is -4.07. The van der Waals surface area contributed by atoms with Crippen LogP contribution >= 0.6 is 0 Å². The maximum Gasteiger partial charge on any atom is 0.342 e. The minimum atomic E-state index is -1.66. The molecule has 0 aliphatic heterocycles. The molecule has 9 heteroatoms. The van der Waals surface area contributed by atoms with Gasteiger partial charge in [0.05, 0.1) is 17.4 Å². The first-order valence-electron chi connectivity index (χ1n) is 5.33. The number of hydrogen-bond donors (Lipinski definition) is 4. The van der Waals surface area contributed by atoms with Crippen molar-refractivity contribution in [2.24, 2.45) is 0 Å². The number of nitrogens with zero attached hydrogens (tertiary/aromatic N) is 1. The third-order valence-corrected chi connectivity index (χ3v) is 2.54. The Kier molecular flexibility index (Phi) is 4.73. The maximum atomic E-state index is 10.9. The van der Waals surface area contributed by atoms with E-state index in [0.717, 1.165) is 18.2 Å². The fourth-order valence-corrected chi connectivity index (χ4v) is 1.58. The van der Waals surface area contributed by atoms with Crippen LogP contribution in [0.5, 0.6) is 0 Å². The van der Waals surface area contributed by atoms with E-state index in [1.54, 1.807) is 0 Å². The number of aliphatic hydroxyl groups is 2. The van der Waals surface area contributed by atoms with Gasteiger partial charge in [0.1, 0.15) is 11.7 Å². The lowest BCUT2D eigenvalue weighted by Crippen LogP contribution is -2.22. The van der Waals surface area contributed by atoms with Crippen LogP contribution in [0, 0.1) is 10.1 Å². The lowest BCUT2D eigenvalue weighted by molar-refractivity contribution is -0.385. The second-order valence-electron chi connectivity index (χ2n) is 3.95. The first-order chi connectivity index (χ1) is 9.23. The van der Waals surface area contributed by atoms with Crippen LogP contribution in [0.3, 0.4) is 0 Å². The van der Waals surface area contributed by atoms with Crippen LogP contribution in [0.15, 0.2) is 18.2 Å². The van der Waals surface area contributed by atoms with Crippen molar-refractivity contribution < 1.29 is 34.9 Å². The third-order valence-electron chi connectivity index (χ3n) is 2.54. The number of hydrogen-bond acceptors (Lipinski definition) is 6. The van der Waals surface area contributed by atoms with Gasteiger partial charge in [-0.2, -0.15) is 0 Å². The summed E-state index contributed by atoms with van der Waals surface area (Å²) in [5, 5.41) is 47.1. The standard InChI is InChI=1S/C11H11NO8/c13-8(4-9(14)15)10(16)5-1-2-7(12(19)20)6(3-5)11(17)18/h1-3,8,10,13,16H,4H2,(H,14,15)(H,17,18). The monoisotopic (exact) mass is 285 g/mol. The topological polar surface area (TPSA) is 158 Å². The molecule has 0 aromatic heterocycles. The summed E-state index contributed by atoms with van der Waals surface area (Å²) < 4.78 is 0. The van der Waals surface area contributed by atoms with E-state index in [-0.39, 0.29) is 5.56 Å². The Morgan fingerprint density at radius 3 is 2.30 bits per heavy atom.